The van der Waals surface area contributed by atoms with E-state index < -0.39 is 0 Å². The SMILES string of the molecule is CC(C)CN(c1c(F)cccc1CNC(C)(C)C)C1CC1. The van der Waals surface area contributed by atoms with Crippen LogP contribution in [0.25, 0.3) is 0 Å². The van der Waals surface area contributed by atoms with Crippen LogP contribution in [-0.4, -0.2) is 18.1 Å². The van der Waals surface area contributed by atoms with E-state index in [9.17, 15) is 4.39 Å². The molecule has 0 radical (unpaired) electrons. The Morgan fingerprint density at radius 3 is 2.48 bits per heavy atom. The monoisotopic (exact) mass is 292 g/mol. The first-order valence-corrected chi connectivity index (χ1v) is 8.07. The molecule has 0 amide bonds. The van der Waals surface area contributed by atoms with Crippen LogP contribution in [0.3, 0.4) is 0 Å². The Balaban J connectivity index is 2.27. The molecule has 1 aromatic carbocycles. The van der Waals surface area contributed by atoms with E-state index in [1.54, 1.807) is 6.07 Å². The molecule has 1 aliphatic rings. The number of anilines is 1. The standard InChI is InChI=1S/C18H29FN2/c1-13(2)12-21(15-9-10-15)17-14(7-6-8-16(17)19)11-20-18(3,4)5/h6-8,13,15,20H,9-12H2,1-5H3. The number of para-hydroxylation sites is 1. The van der Waals surface area contributed by atoms with E-state index in [0.29, 0.717) is 18.5 Å². The summed E-state index contributed by atoms with van der Waals surface area (Å²) in [5.41, 5.74) is 1.91. The minimum absolute atomic E-state index is 0.0338. The highest BCUT2D eigenvalue weighted by Crippen LogP contribution is 2.36. The summed E-state index contributed by atoms with van der Waals surface area (Å²) in [6.07, 6.45) is 2.38. The number of nitrogens with zero attached hydrogens (tertiary/aromatic N) is 1. The molecule has 118 valence electrons. The maximum absolute atomic E-state index is 14.5. The molecule has 3 heteroatoms. The smallest absolute Gasteiger partial charge is 0.146 e. The van der Waals surface area contributed by atoms with Crippen LogP contribution in [0.2, 0.25) is 0 Å². The molecule has 1 aliphatic carbocycles. The molecule has 1 fully saturated rings. The van der Waals surface area contributed by atoms with Crippen LogP contribution in [0.5, 0.6) is 0 Å². The zero-order valence-corrected chi connectivity index (χ0v) is 14.0. The van der Waals surface area contributed by atoms with Crippen molar-refractivity contribution in [2.45, 2.75) is 65.6 Å². The summed E-state index contributed by atoms with van der Waals surface area (Å²) in [5.74, 6) is 0.449. The zero-order valence-electron chi connectivity index (χ0n) is 14.0. The number of hydrogen-bond acceptors (Lipinski definition) is 2. The van der Waals surface area contributed by atoms with E-state index in [1.807, 2.05) is 12.1 Å². The lowest BCUT2D eigenvalue weighted by atomic mass is 10.1. The largest absolute Gasteiger partial charge is 0.366 e. The lowest BCUT2D eigenvalue weighted by Gasteiger charge is -2.30. The van der Waals surface area contributed by atoms with Gasteiger partial charge in [-0.2, -0.15) is 0 Å². The first kappa shape index (κ1) is 16.3. The second-order valence-electron chi connectivity index (χ2n) is 7.63. The van der Waals surface area contributed by atoms with Crippen LogP contribution in [0.1, 0.15) is 53.0 Å². The quantitative estimate of drug-likeness (QED) is 0.839. The number of rotatable bonds is 6. The number of hydrogen-bond donors (Lipinski definition) is 1. The highest BCUT2D eigenvalue weighted by Gasteiger charge is 2.32. The maximum atomic E-state index is 14.5. The summed E-state index contributed by atoms with van der Waals surface area (Å²) >= 11 is 0. The Labute approximate surface area is 128 Å². The van der Waals surface area contributed by atoms with Gasteiger partial charge in [0.2, 0.25) is 0 Å². The molecule has 21 heavy (non-hydrogen) atoms. The Morgan fingerprint density at radius 2 is 1.95 bits per heavy atom. The van der Waals surface area contributed by atoms with Gasteiger partial charge in [-0.25, -0.2) is 4.39 Å². The minimum Gasteiger partial charge on any atom is -0.366 e. The first-order chi connectivity index (χ1) is 9.78. The van der Waals surface area contributed by atoms with Crippen molar-refractivity contribution in [2.75, 3.05) is 11.4 Å². The van der Waals surface area contributed by atoms with Crippen molar-refractivity contribution in [1.29, 1.82) is 0 Å². The average Bonchev–Trinajstić information content (AvgIpc) is 3.17. The summed E-state index contributed by atoms with van der Waals surface area (Å²) in [6.45, 7) is 12.4. The topological polar surface area (TPSA) is 15.3 Å². The Bertz CT molecular complexity index is 473. The van der Waals surface area contributed by atoms with Crippen molar-refractivity contribution < 1.29 is 4.39 Å². The van der Waals surface area contributed by atoms with Gasteiger partial charge in [0.25, 0.3) is 0 Å². The molecule has 1 saturated carbocycles. The van der Waals surface area contributed by atoms with Gasteiger partial charge < -0.3 is 10.2 Å². The molecule has 0 heterocycles. The molecule has 0 aliphatic heterocycles. The molecule has 0 spiro atoms. The van der Waals surface area contributed by atoms with Gasteiger partial charge in [-0.05, 0) is 51.2 Å². The van der Waals surface area contributed by atoms with Gasteiger partial charge in [0.1, 0.15) is 5.82 Å². The highest BCUT2D eigenvalue weighted by atomic mass is 19.1. The molecule has 0 unspecified atom stereocenters. The van der Waals surface area contributed by atoms with Gasteiger partial charge >= 0.3 is 0 Å². The summed E-state index contributed by atoms with van der Waals surface area (Å²) in [6, 6.07) is 5.98. The van der Waals surface area contributed by atoms with Crippen molar-refractivity contribution in [3.63, 3.8) is 0 Å². The molecule has 1 N–H and O–H groups in total. The molecular weight excluding hydrogens is 263 g/mol. The van der Waals surface area contributed by atoms with E-state index in [1.165, 1.54) is 12.8 Å². The van der Waals surface area contributed by atoms with E-state index >= 15 is 0 Å². The van der Waals surface area contributed by atoms with Crippen LogP contribution in [0, 0.1) is 11.7 Å². The summed E-state index contributed by atoms with van der Waals surface area (Å²) in [4.78, 5) is 2.29. The van der Waals surface area contributed by atoms with Crippen molar-refractivity contribution in [3.05, 3.63) is 29.6 Å². The third-order valence-corrected chi connectivity index (χ3v) is 3.72. The fourth-order valence-electron chi connectivity index (χ4n) is 2.59. The van der Waals surface area contributed by atoms with Crippen LogP contribution < -0.4 is 10.2 Å². The Morgan fingerprint density at radius 1 is 1.29 bits per heavy atom. The number of halogens is 1. The van der Waals surface area contributed by atoms with Gasteiger partial charge in [-0.15, -0.1) is 0 Å². The second kappa shape index (κ2) is 6.35. The highest BCUT2D eigenvalue weighted by molar-refractivity contribution is 5.56. The molecule has 0 aromatic heterocycles. The second-order valence-corrected chi connectivity index (χ2v) is 7.63. The van der Waals surface area contributed by atoms with Gasteiger partial charge in [-0.1, -0.05) is 26.0 Å². The Kier molecular flexibility index (Phi) is 4.92. The summed E-state index contributed by atoms with van der Waals surface area (Å²) in [7, 11) is 0. The molecule has 2 nitrogen and oxygen atoms in total. The van der Waals surface area contributed by atoms with Gasteiger partial charge in [-0.3, -0.25) is 0 Å². The van der Waals surface area contributed by atoms with E-state index in [-0.39, 0.29) is 11.4 Å². The van der Waals surface area contributed by atoms with Crippen molar-refractivity contribution in [2.24, 2.45) is 5.92 Å². The number of benzene rings is 1. The van der Waals surface area contributed by atoms with Gasteiger partial charge in [0.05, 0.1) is 5.69 Å². The fraction of sp³-hybridized carbons (Fsp3) is 0.667. The predicted octanol–water partition coefficient (Wildman–Crippen LogP) is 4.34. The van der Waals surface area contributed by atoms with E-state index in [4.69, 9.17) is 0 Å². The van der Waals surface area contributed by atoms with Crippen LogP contribution >= 0.6 is 0 Å². The Hall–Kier alpha value is -1.09. The van der Waals surface area contributed by atoms with Crippen molar-refractivity contribution >= 4 is 5.69 Å². The average molecular weight is 292 g/mol. The lowest BCUT2D eigenvalue weighted by Crippen LogP contribution is -2.37. The summed E-state index contributed by atoms with van der Waals surface area (Å²) < 4.78 is 14.5. The molecule has 1 aromatic rings. The third kappa shape index (κ3) is 4.70. The predicted molar refractivity (Wildman–Crippen MR) is 88.2 cm³/mol. The summed E-state index contributed by atoms with van der Waals surface area (Å²) in [5, 5.41) is 3.48. The molecule has 0 bridgehead atoms. The number of nitrogens with one attached hydrogen (secondary N) is 1. The maximum Gasteiger partial charge on any atom is 0.146 e. The molecule has 0 saturated heterocycles. The third-order valence-electron chi connectivity index (χ3n) is 3.72. The van der Waals surface area contributed by atoms with Gasteiger partial charge in [0, 0.05) is 24.7 Å². The molecule has 0 atom stereocenters. The van der Waals surface area contributed by atoms with Crippen LogP contribution in [0.4, 0.5) is 10.1 Å². The van der Waals surface area contributed by atoms with Crippen molar-refractivity contribution in [3.8, 4) is 0 Å². The normalized spacial score (nSPS) is 15.6. The first-order valence-electron chi connectivity index (χ1n) is 8.07. The zero-order chi connectivity index (χ0) is 15.6. The van der Waals surface area contributed by atoms with Crippen LogP contribution in [0.15, 0.2) is 18.2 Å². The minimum atomic E-state index is -0.0873. The van der Waals surface area contributed by atoms with Crippen LogP contribution in [-0.2, 0) is 6.54 Å². The molecule has 2 rings (SSSR count). The van der Waals surface area contributed by atoms with E-state index in [0.717, 1.165) is 17.8 Å². The van der Waals surface area contributed by atoms with Gasteiger partial charge in [0.15, 0.2) is 0 Å². The lowest BCUT2D eigenvalue weighted by molar-refractivity contribution is 0.423. The molecular formula is C18H29FN2. The fourth-order valence-corrected chi connectivity index (χ4v) is 2.59. The van der Waals surface area contributed by atoms with E-state index in [2.05, 4.69) is 44.8 Å². The van der Waals surface area contributed by atoms with Crippen molar-refractivity contribution in [1.82, 2.24) is 5.32 Å².